The molecule has 0 bridgehead atoms. The van der Waals surface area contributed by atoms with Crippen LogP contribution in [0.15, 0.2) is 42.5 Å². The summed E-state index contributed by atoms with van der Waals surface area (Å²) < 4.78 is 0. The van der Waals surface area contributed by atoms with Crippen molar-refractivity contribution in [3.8, 4) is 0 Å². The van der Waals surface area contributed by atoms with Gasteiger partial charge in [0.05, 0.1) is 0 Å². The molecule has 2 aromatic carbocycles. The smallest absolute Gasteiger partial charge is 0.00351 e. The molecule has 0 saturated carbocycles. The lowest BCUT2D eigenvalue weighted by Crippen LogP contribution is -2.19. The second kappa shape index (κ2) is 8.30. The van der Waals surface area contributed by atoms with Crippen LogP contribution in [0.1, 0.15) is 81.5 Å². The highest BCUT2D eigenvalue weighted by Gasteiger charge is 2.21. The van der Waals surface area contributed by atoms with Crippen LogP contribution in [-0.2, 0) is 6.16 Å². The maximum Gasteiger partial charge on any atom is -0.00351 e. The molecule has 0 aliphatic heterocycles. The third-order valence-electron chi connectivity index (χ3n) is 4.75. The molecule has 0 aliphatic carbocycles. The van der Waals surface area contributed by atoms with Gasteiger partial charge in [-0.3, -0.25) is 0 Å². The maximum atomic E-state index is 2.49. The van der Waals surface area contributed by atoms with E-state index in [1.54, 1.807) is 16.4 Å². The van der Waals surface area contributed by atoms with Gasteiger partial charge in [-0.25, -0.2) is 0 Å². The molecule has 0 fully saturated rings. The van der Waals surface area contributed by atoms with Crippen molar-refractivity contribution in [1.82, 2.24) is 0 Å². The van der Waals surface area contributed by atoms with Crippen LogP contribution in [0.4, 0.5) is 0 Å². The Balaban J connectivity index is 2.53. The summed E-state index contributed by atoms with van der Waals surface area (Å²) in [5.41, 5.74) is 6.11. The van der Waals surface area contributed by atoms with E-state index in [0.717, 1.165) is 0 Å². The van der Waals surface area contributed by atoms with E-state index in [-0.39, 0.29) is 7.92 Å². The van der Waals surface area contributed by atoms with E-state index in [1.165, 1.54) is 17.3 Å². The number of hydrogen-bond donors (Lipinski definition) is 0. The van der Waals surface area contributed by atoms with Gasteiger partial charge in [0, 0.05) is 0 Å². The molecule has 0 spiro atoms. The van der Waals surface area contributed by atoms with Crippen LogP contribution in [0.2, 0.25) is 0 Å². The summed E-state index contributed by atoms with van der Waals surface area (Å²) in [4.78, 5) is 0. The largest absolute Gasteiger partial charge is 0.0734 e. The molecule has 24 heavy (non-hydrogen) atoms. The summed E-state index contributed by atoms with van der Waals surface area (Å²) in [6.07, 6.45) is 1.18. The second-order valence-electron chi connectivity index (χ2n) is 7.85. The Morgan fingerprint density at radius 3 is 1.67 bits per heavy atom. The van der Waals surface area contributed by atoms with Crippen LogP contribution in [0.3, 0.4) is 0 Å². The Bertz CT molecular complexity index is 624. The van der Waals surface area contributed by atoms with Gasteiger partial charge in [-0.05, 0) is 58.1 Å². The SMILES string of the molecule is CC(C)c1cc(C(C)C)c([P@@](C)Cc2ccccc2)c(C(C)C)c1. The lowest BCUT2D eigenvalue weighted by Gasteiger charge is -2.27. The highest BCUT2D eigenvalue weighted by molar-refractivity contribution is 7.64. The molecule has 0 amide bonds. The minimum atomic E-state index is -0.190. The first-order valence-electron chi connectivity index (χ1n) is 9.24. The molecular weight excluding hydrogens is 307 g/mol. The summed E-state index contributed by atoms with van der Waals surface area (Å²) in [6, 6.07) is 15.9. The zero-order chi connectivity index (χ0) is 17.9. The van der Waals surface area contributed by atoms with Crippen molar-refractivity contribution in [2.24, 2.45) is 0 Å². The molecule has 0 N–H and O–H groups in total. The first kappa shape index (κ1) is 19.2. The van der Waals surface area contributed by atoms with Crippen molar-refractivity contribution in [3.63, 3.8) is 0 Å². The highest BCUT2D eigenvalue weighted by Crippen LogP contribution is 2.41. The lowest BCUT2D eigenvalue weighted by atomic mass is 9.89. The van der Waals surface area contributed by atoms with Crippen molar-refractivity contribution in [1.29, 1.82) is 0 Å². The topological polar surface area (TPSA) is 0 Å². The molecule has 0 radical (unpaired) electrons. The molecule has 0 aliphatic rings. The zero-order valence-electron chi connectivity index (χ0n) is 16.4. The monoisotopic (exact) mass is 340 g/mol. The molecule has 0 unspecified atom stereocenters. The summed E-state index contributed by atoms with van der Waals surface area (Å²) in [5.74, 6) is 1.75. The average molecular weight is 340 g/mol. The van der Waals surface area contributed by atoms with Gasteiger partial charge < -0.3 is 0 Å². The fourth-order valence-electron chi connectivity index (χ4n) is 3.29. The first-order chi connectivity index (χ1) is 11.3. The van der Waals surface area contributed by atoms with Gasteiger partial charge in [0.15, 0.2) is 0 Å². The highest BCUT2D eigenvalue weighted by atomic mass is 31.1. The van der Waals surface area contributed by atoms with E-state index in [9.17, 15) is 0 Å². The lowest BCUT2D eigenvalue weighted by molar-refractivity contribution is 0.813. The van der Waals surface area contributed by atoms with Gasteiger partial charge in [-0.1, -0.05) is 91.9 Å². The van der Waals surface area contributed by atoms with Crippen LogP contribution in [-0.4, -0.2) is 6.66 Å². The van der Waals surface area contributed by atoms with E-state index < -0.39 is 0 Å². The van der Waals surface area contributed by atoms with Gasteiger partial charge >= 0.3 is 0 Å². The predicted molar refractivity (Wildman–Crippen MR) is 111 cm³/mol. The number of rotatable bonds is 6. The van der Waals surface area contributed by atoms with Crippen LogP contribution >= 0.6 is 7.92 Å². The molecule has 1 heteroatoms. The Morgan fingerprint density at radius 1 is 0.750 bits per heavy atom. The molecule has 0 aromatic heterocycles. The van der Waals surface area contributed by atoms with Gasteiger partial charge in [-0.15, -0.1) is 0 Å². The van der Waals surface area contributed by atoms with Crippen molar-refractivity contribution in [2.45, 2.75) is 65.5 Å². The maximum absolute atomic E-state index is 2.49. The molecule has 2 rings (SSSR count). The van der Waals surface area contributed by atoms with Gasteiger partial charge in [0.1, 0.15) is 0 Å². The third-order valence-corrected chi connectivity index (χ3v) is 6.87. The van der Waals surface area contributed by atoms with Crippen molar-refractivity contribution in [2.75, 3.05) is 6.66 Å². The van der Waals surface area contributed by atoms with E-state index in [2.05, 4.69) is 90.7 Å². The first-order valence-corrected chi connectivity index (χ1v) is 11.2. The van der Waals surface area contributed by atoms with Crippen LogP contribution in [0, 0.1) is 0 Å². The van der Waals surface area contributed by atoms with Crippen molar-refractivity contribution >= 4 is 13.2 Å². The van der Waals surface area contributed by atoms with Crippen molar-refractivity contribution in [3.05, 3.63) is 64.7 Å². The Labute approximate surface area is 150 Å². The van der Waals surface area contributed by atoms with Crippen LogP contribution in [0.25, 0.3) is 0 Å². The average Bonchev–Trinajstić information content (AvgIpc) is 2.54. The molecule has 1 atom stereocenters. The molecule has 2 aromatic rings. The summed E-state index contributed by atoms with van der Waals surface area (Å²) >= 11 is 0. The zero-order valence-corrected chi connectivity index (χ0v) is 17.3. The molecule has 130 valence electrons. The number of hydrogen-bond acceptors (Lipinski definition) is 0. The Hall–Kier alpha value is -1.13. The summed E-state index contributed by atoms with van der Waals surface area (Å²) in [6.45, 7) is 16.5. The van der Waals surface area contributed by atoms with E-state index in [4.69, 9.17) is 0 Å². The quantitative estimate of drug-likeness (QED) is 0.497. The Kier molecular flexibility index (Phi) is 6.64. The summed E-state index contributed by atoms with van der Waals surface area (Å²) in [5, 5.41) is 1.66. The van der Waals surface area contributed by atoms with Crippen molar-refractivity contribution < 1.29 is 0 Å². The fraction of sp³-hybridized carbons (Fsp3) is 0.478. The number of benzene rings is 2. The molecule has 0 saturated heterocycles. The second-order valence-corrected chi connectivity index (χ2v) is 10.0. The van der Waals surface area contributed by atoms with Gasteiger partial charge in [-0.2, -0.15) is 0 Å². The molecule has 0 nitrogen and oxygen atoms in total. The Morgan fingerprint density at radius 2 is 1.25 bits per heavy atom. The third kappa shape index (κ3) is 4.48. The van der Waals surface area contributed by atoms with E-state index in [1.807, 2.05) is 0 Å². The normalized spacial score (nSPS) is 13.1. The molecule has 0 heterocycles. The minimum Gasteiger partial charge on any atom is -0.0734 e. The van der Waals surface area contributed by atoms with E-state index >= 15 is 0 Å². The predicted octanol–water partition coefficient (Wildman–Crippen LogP) is 6.99. The van der Waals surface area contributed by atoms with Crippen LogP contribution in [0.5, 0.6) is 0 Å². The van der Waals surface area contributed by atoms with Gasteiger partial charge in [0.25, 0.3) is 0 Å². The minimum absolute atomic E-state index is 0.190. The summed E-state index contributed by atoms with van der Waals surface area (Å²) in [7, 11) is -0.190. The fourth-order valence-corrected chi connectivity index (χ4v) is 5.74. The molecular formula is C23H33P. The van der Waals surface area contributed by atoms with Crippen LogP contribution < -0.4 is 5.30 Å². The standard InChI is InChI=1S/C23H33P/c1-16(2)20-13-21(17(3)4)23(22(14-20)18(5)6)24(7)15-19-11-9-8-10-12-19/h8-14,16-18H,15H2,1-7H3/t24-/m0/s1. The van der Waals surface area contributed by atoms with E-state index in [0.29, 0.717) is 17.8 Å². The van der Waals surface area contributed by atoms with Gasteiger partial charge in [0.2, 0.25) is 0 Å².